The number of aromatic nitrogens is 1. The van der Waals surface area contributed by atoms with Crippen LogP contribution in [0.3, 0.4) is 0 Å². The second-order valence-electron chi connectivity index (χ2n) is 5.89. The minimum Gasteiger partial charge on any atom is -0.497 e. The maximum atomic E-state index is 12.6. The van der Waals surface area contributed by atoms with Gasteiger partial charge in [0.05, 0.1) is 13.2 Å². The highest BCUT2D eigenvalue weighted by Crippen LogP contribution is 2.22. The van der Waals surface area contributed by atoms with Crippen LogP contribution in [-0.2, 0) is 0 Å². The number of amides is 1. The Morgan fingerprint density at radius 2 is 1.83 bits per heavy atom. The molecular weight excluding hydrogens is 304 g/mol. The van der Waals surface area contributed by atoms with Gasteiger partial charge < -0.3 is 15.0 Å². The highest BCUT2D eigenvalue weighted by atomic mass is 16.5. The average molecular weight is 328 g/mol. The van der Waals surface area contributed by atoms with Gasteiger partial charge in [-0.15, -0.1) is 0 Å². The van der Waals surface area contributed by atoms with Gasteiger partial charge in [0.15, 0.2) is 5.78 Å². The molecule has 1 aromatic carbocycles. The van der Waals surface area contributed by atoms with E-state index in [4.69, 9.17) is 4.74 Å². The number of aryl methyl sites for hydroxylation is 1. The monoisotopic (exact) mass is 328 g/mol. The van der Waals surface area contributed by atoms with E-state index in [0.717, 1.165) is 23.4 Å². The second kappa shape index (κ2) is 7.34. The van der Waals surface area contributed by atoms with E-state index >= 15 is 0 Å². The van der Waals surface area contributed by atoms with Crippen molar-refractivity contribution >= 4 is 11.7 Å². The summed E-state index contributed by atoms with van der Waals surface area (Å²) in [5, 5.41) is 3.03. The summed E-state index contributed by atoms with van der Waals surface area (Å²) in [4.78, 5) is 27.4. The average Bonchev–Trinajstić information content (AvgIpc) is 2.87. The summed E-state index contributed by atoms with van der Waals surface area (Å²) in [7, 11) is 1.62. The number of hydrogen-bond donors (Lipinski definition) is 2. The van der Waals surface area contributed by atoms with E-state index in [1.165, 1.54) is 6.92 Å². The Balaban J connectivity index is 2.23. The van der Waals surface area contributed by atoms with Crippen molar-refractivity contribution in [2.45, 2.75) is 40.2 Å². The first kappa shape index (κ1) is 17.8. The quantitative estimate of drug-likeness (QED) is 0.794. The summed E-state index contributed by atoms with van der Waals surface area (Å²) in [6, 6.07) is 7.54. The molecule has 0 fully saturated rings. The number of Topliss-reactive ketones (excluding diaryl/α,β-unsaturated/α-hetero) is 1. The summed E-state index contributed by atoms with van der Waals surface area (Å²) in [6.45, 7) is 7.13. The van der Waals surface area contributed by atoms with Gasteiger partial charge in [-0.3, -0.25) is 9.59 Å². The molecule has 1 aromatic heterocycles. The highest BCUT2D eigenvalue weighted by Gasteiger charge is 2.22. The van der Waals surface area contributed by atoms with Crippen LogP contribution in [-0.4, -0.2) is 23.8 Å². The molecule has 1 atom stereocenters. The smallest absolute Gasteiger partial charge is 0.268 e. The molecule has 0 saturated heterocycles. The Bertz CT molecular complexity index is 745. The molecule has 0 bridgehead atoms. The zero-order valence-corrected chi connectivity index (χ0v) is 14.8. The van der Waals surface area contributed by atoms with E-state index in [-0.39, 0.29) is 17.7 Å². The fourth-order valence-electron chi connectivity index (χ4n) is 2.99. The van der Waals surface area contributed by atoms with Crippen molar-refractivity contribution in [3.63, 3.8) is 0 Å². The first-order valence-electron chi connectivity index (χ1n) is 8.03. The summed E-state index contributed by atoms with van der Waals surface area (Å²) < 4.78 is 5.16. The third-order valence-electron chi connectivity index (χ3n) is 4.25. The molecule has 0 unspecified atom stereocenters. The molecule has 1 heterocycles. The van der Waals surface area contributed by atoms with Gasteiger partial charge in [-0.05, 0) is 50.5 Å². The minimum absolute atomic E-state index is 0.0394. The topological polar surface area (TPSA) is 71.2 Å². The van der Waals surface area contributed by atoms with Crippen LogP contribution in [0.4, 0.5) is 0 Å². The molecule has 128 valence electrons. The largest absolute Gasteiger partial charge is 0.497 e. The first-order chi connectivity index (χ1) is 11.4. The fourth-order valence-corrected chi connectivity index (χ4v) is 2.99. The molecule has 2 N–H and O–H groups in total. The molecule has 0 spiro atoms. The number of hydrogen-bond acceptors (Lipinski definition) is 3. The number of rotatable bonds is 6. The van der Waals surface area contributed by atoms with Crippen molar-refractivity contribution in [1.29, 1.82) is 0 Å². The first-order valence-corrected chi connectivity index (χ1v) is 8.03. The van der Waals surface area contributed by atoms with E-state index in [2.05, 4.69) is 10.3 Å². The zero-order chi connectivity index (χ0) is 17.9. The van der Waals surface area contributed by atoms with Gasteiger partial charge >= 0.3 is 0 Å². The van der Waals surface area contributed by atoms with Gasteiger partial charge in [-0.25, -0.2) is 0 Å². The minimum atomic E-state index is -0.203. The number of H-pyrrole nitrogens is 1. The molecular formula is C19H24N2O3. The molecule has 0 aliphatic carbocycles. The van der Waals surface area contributed by atoms with Crippen LogP contribution in [0.5, 0.6) is 5.75 Å². The maximum absolute atomic E-state index is 12.6. The number of benzene rings is 1. The lowest BCUT2D eigenvalue weighted by molar-refractivity contribution is 0.0930. The SMILES string of the molecule is CC[C@H](NC(=O)c1[nH]c(C)c(C(C)=O)c1C)c1ccc(OC)cc1. The molecule has 2 aromatic rings. The van der Waals surface area contributed by atoms with Crippen molar-refractivity contribution < 1.29 is 14.3 Å². The number of carbonyl (C=O) groups excluding carboxylic acids is 2. The van der Waals surface area contributed by atoms with Crippen molar-refractivity contribution in [3.8, 4) is 5.75 Å². The van der Waals surface area contributed by atoms with Crippen molar-refractivity contribution in [2.24, 2.45) is 0 Å². The molecule has 0 aliphatic rings. The number of ether oxygens (including phenoxy) is 1. The van der Waals surface area contributed by atoms with E-state index in [1.807, 2.05) is 31.2 Å². The van der Waals surface area contributed by atoms with Crippen LogP contribution in [0.1, 0.15) is 64.0 Å². The number of aromatic amines is 1. The van der Waals surface area contributed by atoms with E-state index < -0.39 is 0 Å². The van der Waals surface area contributed by atoms with E-state index in [0.29, 0.717) is 16.8 Å². The van der Waals surface area contributed by atoms with Gasteiger partial charge in [0, 0.05) is 11.3 Å². The second-order valence-corrected chi connectivity index (χ2v) is 5.89. The Morgan fingerprint density at radius 3 is 2.29 bits per heavy atom. The number of methoxy groups -OCH3 is 1. The van der Waals surface area contributed by atoms with Gasteiger partial charge in [0.1, 0.15) is 11.4 Å². The molecule has 0 saturated carbocycles. The third-order valence-corrected chi connectivity index (χ3v) is 4.25. The van der Waals surface area contributed by atoms with Crippen LogP contribution in [0.15, 0.2) is 24.3 Å². The van der Waals surface area contributed by atoms with Crippen LogP contribution in [0.25, 0.3) is 0 Å². The Kier molecular flexibility index (Phi) is 5.44. The summed E-state index contributed by atoms with van der Waals surface area (Å²) in [5.41, 5.74) is 3.48. The summed E-state index contributed by atoms with van der Waals surface area (Å²) in [5.74, 6) is 0.537. The lowest BCUT2D eigenvalue weighted by Gasteiger charge is -2.17. The molecule has 5 nitrogen and oxygen atoms in total. The molecule has 2 rings (SSSR count). The highest BCUT2D eigenvalue weighted by molar-refractivity contribution is 6.02. The van der Waals surface area contributed by atoms with Crippen LogP contribution < -0.4 is 10.1 Å². The Hall–Kier alpha value is -2.56. The van der Waals surface area contributed by atoms with Gasteiger partial charge in [0.2, 0.25) is 0 Å². The van der Waals surface area contributed by atoms with Crippen molar-refractivity contribution in [2.75, 3.05) is 7.11 Å². The zero-order valence-electron chi connectivity index (χ0n) is 14.8. The number of ketones is 1. The molecule has 1 amide bonds. The number of carbonyl (C=O) groups is 2. The predicted octanol–water partition coefficient (Wildman–Crippen LogP) is 3.72. The summed E-state index contributed by atoms with van der Waals surface area (Å²) in [6.07, 6.45) is 0.760. The van der Waals surface area contributed by atoms with Gasteiger partial charge in [0.25, 0.3) is 5.91 Å². The van der Waals surface area contributed by atoms with E-state index in [9.17, 15) is 9.59 Å². The number of nitrogens with one attached hydrogen (secondary N) is 2. The Morgan fingerprint density at radius 1 is 1.21 bits per heavy atom. The molecule has 0 aliphatic heterocycles. The van der Waals surface area contributed by atoms with Crippen molar-refractivity contribution in [3.05, 3.63) is 52.3 Å². The maximum Gasteiger partial charge on any atom is 0.268 e. The van der Waals surface area contributed by atoms with Gasteiger partial charge in [-0.2, -0.15) is 0 Å². The van der Waals surface area contributed by atoms with Crippen LogP contribution >= 0.6 is 0 Å². The standard InChI is InChI=1S/C19H24N2O3/c1-6-16(14-7-9-15(24-5)10-8-14)21-19(23)18-11(2)17(13(4)22)12(3)20-18/h7-10,16,20H,6H2,1-5H3,(H,21,23)/t16-/m0/s1. The Labute approximate surface area is 142 Å². The van der Waals surface area contributed by atoms with Crippen LogP contribution in [0, 0.1) is 13.8 Å². The van der Waals surface area contributed by atoms with Crippen molar-refractivity contribution in [1.82, 2.24) is 10.3 Å². The van der Waals surface area contributed by atoms with E-state index in [1.54, 1.807) is 21.0 Å². The molecule has 24 heavy (non-hydrogen) atoms. The molecule has 5 heteroatoms. The molecule has 0 radical (unpaired) electrons. The van der Waals surface area contributed by atoms with Crippen LogP contribution in [0.2, 0.25) is 0 Å². The lowest BCUT2D eigenvalue weighted by atomic mass is 10.0. The van der Waals surface area contributed by atoms with Gasteiger partial charge in [-0.1, -0.05) is 19.1 Å². The lowest BCUT2D eigenvalue weighted by Crippen LogP contribution is -2.29. The summed E-state index contributed by atoms with van der Waals surface area (Å²) >= 11 is 0. The fraction of sp³-hybridized carbons (Fsp3) is 0.368. The third kappa shape index (κ3) is 3.50. The predicted molar refractivity (Wildman–Crippen MR) is 93.8 cm³/mol. The normalized spacial score (nSPS) is 11.9.